The van der Waals surface area contributed by atoms with Gasteiger partial charge in [0.25, 0.3) is 5.56 Å². The normalized spacial score (nSPS) is 15.7. The van der Waals surface area contributed by atoms with Gasteiger partial charge in [0.2, 0.25) is 0 Å². The van der Waals surface area contributed by atoms with Crippen molar-refractivity contribution in [1.82, 2.24) is 14.5 Å². The number of para-hydroxylation sites is 1. The average Bonchev–Trinajstić information content (AvgIpc) is 2.81. The van der Waals surface area contributed by atoms with E-state index in [1.807, 2.05) is 25.1 Å². The molecule has 1 atom stereocenters. The van der Waals surface area contributed by atoms with Gasteiger partial charge in [0.15, 0.2) is 10.9 Å². The van der Waals surface area contributed by atoms with Crippen molar-refractivity contribution in [3.63, 3.8) is 0 Å². The summed E-state index contributed by atoms with van der Waals surface area (Å²) in [6.07, 6.45) is 0.824. The highest BCUT2D eigenvalue weighted by Crippen LogP contribution is 2.26. The summed E-state index contributed by atoms with van der Waals surface area (Å²) in [6, 6.07) is 14.3. The van der Waals surface area contributed by atoms with Crippen LogP contribution in [0.5, 0.6) is 0 Å². The van der Waals surface area contributed by atoms with E-state index in [4.69, 9.17) is 21.3 Å². The molecule has 1 aliphatic heterocycles. The van der Waals surface area contributed by atoms with Crippen LogP contribution in [0.25, 0.3) is 10.9 Å². The zero-order chi connectivity index (χ0) is 22.5. The van der Waals surface area contributed by atoms with E-state index >= 15 is 0 Å². The summed E-state index contributed by atoms with van der Waals surface area (Å²) in [6.45, 7) is 6.62. The minimum Gasteiger partial charge on any atom is -0.379 e. The van der Waals surface area contributed by atoms with E-state index in [9.17, 15) is 9.59 Å². The lowest BCUT2D eigenvalue weighted by Crippen LogP contribution is -2.37. The molecule has 0 aliphatic carbocycles. The van der Waals surface area contributed by atoms with Crippen LogP contribution in [0, 0.1) is 0 Å². The van der Waals surface area contributed by atoms with Crippen LogP contribution in [0.2, 0.25) is 5.02 Å². The van der Waals surface area contributed by atoms with Gasteiger partial charge in [-0.2, -0.15) is 0 Å². The van der Waals surface area contributed by atoms with Crippen LogP contribution in [0.1, 0.15) is 23.7 Å². The first-order chi connectivity index (χ1) is 15.5. The third-order valence-electron chi connectivity index (χ3n) is 5.55. The number of ether oxygens (including phenoxy) is 1. The minimum absolute atomic E-state index is 0.0419. The fourth-order valence-corrected chi connectivity index (χ4v) is 5.00. The van der Waals surface area contributed by atoms with E-state index in [0.29, 0.717) is 33.2 Å². The van der Waals surface area contributed by atoms with Gasteiger partial charge >= 0.3 is 0 Å². The van der Waals surface area contributed by atoms with Crippen LogP contribution in [0.3, 0.4) is 0 Å². The number of aromatic nitrogens is 2. The third-order valence-corrected chi connectivity index (χ3v) is 6.87. The predicted octanol–water partition coefficient (Wildman–Crippen LogP) is 4.14. The maximum atomic E-state index is 13.3. The smallest absolute Gasteiger partial charge is 0.262 e. The zero-order valence-corrected chi connectivity index (χ0v) is 19.6. The molecular weight excluding hydrogens is 446 g/mol. The molecule has 0 spiro atoms. The van der Waals surface area contributed by atoms with E-state index in [1.165, 1.54) is 11.8 Å². The standard InChI is InChI=1S/C24H26ClN3O3S/c1-17(22(29)18-6-4-7-19(25)16-18)32-24-26-21-9-3-2-8-20(21)23(30)28(24)11-5-10-27-12-14-31-15-13-27/h2-4,6-9,16-17H,5,10-15H2,1H3/t17-/m1/s1. The van der Waals surface area contributed by atoms with Gasteiger partial charge in [-0.25, -0.2) is 4.98 Å². The predicted molar refractivity (Wildman–Crippen MR) is 129 cm³/mol. The summed E-state index contributed by atoms with van der Waals surface area (Å²) in [7, 11) is 0. The fraction of sp³-hybridized carbons (Fsp3) is 0.375. The first-order valence-corrected chi connectivity index (χ1v) is 12.0. The van der Waals surface area contributed by atoms with Crippen LogP contribution < -0.4 is 5.56 Å². The number of rotatable bonds is 8. The van der Waals surface area contributed by atoms with Crippen LogP contribution in [0.4, 0.5) is 0 Å². The molecule has 3 aromatic rings. The summed E-state index contributed by atoms with van der Waals surface area (Å²) >= 11 is 7.38. The number of fused-ring (bicyclic) bond motifs is 1. The fourth-order valence-electron chi connectivity index (χ4n) is 3.80. The Labute approximate surface area is 196 Å². The summed E-state index contributed by atoms with van der Waals surface area (Å²) in [4.78, 5) is 33.3. The zero-order valence-electron chi connectivity index (χ0n) is 18.0. The number of benzene rings is 2. The van der Waals surface area contributed by atoms with Crippen molar-refractivity contribution in [2.75, 3.05) is 32.8 Å². The molecule has 2 aromatic carbocycles. The number of carbonyl (C=O) groups is 1. The van der Waals surface area contributed by atoms with E-state index in [1.54, 1.807) is 34.9 Å². The first kappa shape index (κ1) is 23.0. The molecule has 4 rings (SSSR count). The number of halogens is 1. The Hall–Kier alpha value is -2.19. The molecule has 0 radical (unpaired) electrons. The largest absolute Gasteiger partial charge is 0.379 e. The lowest BCUT2D eigenvalue weighted by atomic mass is 10.1. The summed E-state index contributed by atoms with van der Waals surface area (Å²) in [5.41, 5.74) is 1.13. The molecular formula is C24H26ClN3O3S. The highest BCUT2D eigenvalue weighted by atomic mass is 35.5. The number of hydrogen-bond donors (Lipinski definition) is 0. The Kier molecular flexibility index (Phi) is 7.63. The SMILES string of the molecule is C[C@@H](Sc1nc2ccccc2c(=O)n1CCCN1CCOCC1)C(=O)c1cccc(Cl)c1. The van der Waals surface area contributed by atoms with Gasteiger partial charge in [0, 0.05) is 36.8 Å². The maximum absolute atomic E-state index is 13.3. The Balaban J connectivity index is 1.57. The molecule has 0 saturated carbocycles. The highest BCUT2D eigenvalue weighted by molar-refractivity contribution is 8.00. The Morgan fingerprint density at radius 1 is 1.16 bits per heavy atom. The molecule has 8 heteroatoms. The van der Waals surface area contributed by atoms with Gasteiger partial charge in [0.1, 0.15) is 0 Å². The van der Waals surface area contributed by atoms with Gasteiger partial charge in [-0.1, -0.05) is 47.6 Å². The van der Waals surface area contributed by atoms with E-state index in [-0.39, 0.29) is 11.3 Å². The molecule has 0 amide bonds. The van der Waals surface area contributed by atoms with E-state index < -0.39 is 5.25 Å². The lowest BCUT2D eigenvalue weighted by molar-refractivity contribution is 0.0368. The molecule has 168 valence electrons. The number of carbonyl (C=O) groups excluding carboxylic acids is 1. The summed E-state index contributed by atoms with van der Waals surface area (Å²) < 4.78 is 7.13. The number of thioether (sulfide) groups is 1. The Morgan fingerprint density at radius 3 is 2.72 bits per heavy atom. The van der Waals surface area contributed by atoms with Crippen LogP contribution >= 0.6 is 23.4 Å². The van der Waals surface area contributed by atoms with Crippen molar-refractivity contribution >= 4 is 40.0 Å². The van der Waals surface area contributed by atoms with Crippen LogP contribution in [-0.2, 0) is 11.3 Å². The monoisotopic (exact) mass is 471 g/mol. The molecule has 0 bridgehead atoms. The van der Waals surface area contributed by atoms with Gasteiger partial charge < -0.3 is 4.74 Å². The Bertz CT molecular complexity index is 1160. The second kappa shape index (κ2) is 10.6. The van der Waals surface area contributed by atoms with Crippen molar-refractivity contribution in [3.05, 3.63) is 69.5 Å². The molecule has 1 saturated heterocycles. The van der Waals surface area contributed by atoms with Crippen molar-refractivity contribution in [2.24, 2.45) is 0 Å². The highest BCUT2D eigenvalue weighted by Gasteiger charge is 2.21. The summed E-state index contributed by atoms with van der Waals surface area (Å²) in [5, 5.41) is 1.28. The van der Waals surface area contributed by atoms with Gasteiger partial charge in [-0.05, 0) is 37.6 Å². The molecule has 6 nitrogen and oxygen atoms in total. The maximum Gasteiger partial charge on any atom is 0.262 e. The molecule has 2 heterocycles. The molecule has 1 fully saturated rings. The molecule has 0 N–H and O–H groups in total. The van der Waals surface area contributed by atoms with Crippen LogP contribution in [0.15, 0.2) is 58.5 Å². The molecule has 1 aromatic heterocycles. The second-order valence-electron chi connectivity index (χ2n) is 7.81. The van der Waals surface area contributed by atoms with Gasteiger partial charge in [-0.3, -0.25) is 19.1 Å². The van der Waals surface area contributed by atoms with E-state index in [2.05, 4.69) is 4.90 Å². The lowest BCUT2D eigenvalue weighted by Gasteiger charge is -2.26. The van der Waals surface area contributed by atoms with Gasteiger partial charge in [0.05, 0.1) is 29.4 Å². The van der Waals surface area contributed by atoms with Gasteiger partial charge in [-0.15, -0.1) is 0 Å². The number of hydrogen-bond acceptors (Lipinski definition) is 6. The van der Waals surface area contributed by atoms with E-state index in [0.717, 1.165) is 39.3 Å². The second-order valence-corrected chi connectivity index (χ2v) is 9.55. The summed E-state index contributed by atoms with van der Waals surface area (Å²) in [5.74, 6) is -0.0419. The average molecular weight is 472 g/mol. The van der Waals surface area contributed by atoms with Crippen LogP contribution in [-0.4, -0.2) is 58.3 Å². The number of ketones is 1. The Morgan fingerprint density at radius 2 is 1.94 bits per heavy atom. The molecule has 0 unspecified atom stereocenters. The number of nitrogens with zero attached hydrogens (tertiary/aromatic N) is 3. The van der Waals surface area contributed by atoms with Crippen molar-refractivity contribution < 1.29 is 9.53 Å². The molecule has 1 aliphatic rings. The minimum atomic E-state index is -0.410. The topological polar surface area (TPSA) is 64.4 Å². The number of Topliss-reactive ketones (excluding diaryl/α,β-unsaturated/α-hetero) is 1. The van der Waals surface area contributed by atoms with Crippen molar-refractivity contribution in [2.45, 2.75) is 30.3 Å². The first-order valence-electron chi connectivity index (χ1n) is 10.8. The third kappa shape index (κ3) is 5.41. The quantitative estimate of drug-likeness (QED) is 0.279. The van der Waals surface area contributed by atoms with Crippen molar-refractivity contribution in [1.29, 1.82) is 0 Å². The molecule has 32 heavy (non-hydrogen) atoms. The number of morpholine rings is 1. The van der Waals surface area contributed by atoms with Crippen molar-refractivity contribution in [3.8, 4) is 0 Å².